The highest BCUT2D eigenvalue weighted by molar-refractivity contribution is 5.91. The van der Waals surface area contributed by atoms with E-state index in [0.717, 1.165) is 11.1 Å². The van der Waals surface area contributed by atoms with Gasteiger partial charge in [0.25, 0.3) is 5.91 Å². The summed E-state index contributed by atoms with van der Waals surface area (Å²) in [4.78, 5) is 22.3. The lowest BCUT2D eigenvalue weighted by Gasteiger charge is -2.09. The van der Waals surface area contributed by atoms with E-state index in [1.54, 1.807) is 24.3 Å². The molecule has 0 saturated carbocycles. The van der Waals surface area contributed by atoms with Crippen molar-refractivity contribution in [3.8, 4) is 11.5 Å². The van der Waals surface area contributed by atoms with Gasteiger partial charge < -0.3 is 19.9 Å². The van der Waals surface area contributed by atoms with Crippen LogP contribution in [0.5, 0.6) is 11.5 Å². The normalized spacial score (nSPS) is 10.1. The average Bonchev–Trinajstić information content (AvgIpc) is 2.51. The van der Waals surface area contributed by atoms with Crippen LogP contribution in [0.25, 0.3) is 0 Å². The third-order valence-corrected chi connectivity index (χ3v) is 3.07. The molecule has 126 valence electrons. The van der Waals surface area contributed by atoms with E-state index < -0.39 is 12.6 Å². The molecule has 6 heteroatoms. The zero-order valence-corrected chi connectivity index (χ0v) is 13.5. The summed E-state index contributed by atoms with van der Waals surface area (Å²) in [6.45, 7) is 3.43. The van der Waals surface area contributed by atoms with Crippen LogP contribution in [0.3, 0.4) is 0 Å². The highest BCUT2D eigenvalue weighted by Crippen LogP contribution is 2.17. The van der Waals surface area contributed by atoms with Crippen molar-refractivity contribution >= 4 is 17.6 Å². The molecule has 0 unspecified atom stereocenters. The van der Waals surface area contributed by atoms with Crippen LogP contribution in [-0.2, 0) is 9.59 Å². The number of ether oxygens (including phenoxy) is 2. The molecule has 24 heavy (non-hydrogen) atoms. The molecule has 6 nitrogen and oxygen atoms in total. The Labute approximate surface area is 140 Å². The SMILES string of the molecule is Cc1cc(C)cc(OCC(=O)Nc2ccc(OCC(=O)O)cc2)c1. The molecular weight excluding hydrogens is 310 g/mol. The van der Waals surface area contributed by atoms with Gasteiger partial charge in [-0.15, -0.1) is 0 Å². The van der Waals surface area contributed by atoms with Gasteiger partial charge in [0.2, 0.25) is 0 Å². The molecule has 0 atom stereocenters. The number of carbonyl (C=O) groups excluding carboxylic acids is 1. The number of carboxylic acid groups (broad SMARTS) is 1. The monoisotopic (exact) mass is 329 g/mol. The summed E-state index contributed by atoms with van der Waals surface area (Å²) >= 11 is 0. The maximum absolute atomic E-state index is 11.9. The standard InChI is InChI=1S/C18H19NO5/c1-12-7-13(2)9-16(8-12)23-10-17(20)19-14-3-5-15(6-4-14)24-11-18(21)22/h3-9H,10-11H2,1-2H3,(H,19,20)(H,21,22). The van der Waals surface area contributed by atoms with Crippen molar-refractivity contribution in [3.63, 3.8) is 0 Å². The number of aryl methyl sites for hydroxylation is 2. The van der Waals surface area contributed by atoms with Crippen molar-refractivity contribution in [2.75, 3.05) is 18.5 Å². The Kier molecular flexibility index (Phi) is 5.78. The number of carbonyl (C=O) groups is 2. The maximum atomic E-state index is 11.9. The molecule has 0 heterocycles. The highest BCUT2D eigenvalue weighted by atomic mass is 16.5. The molecule has 0 aliphatic carbocycles. The Morgan fingerprint density at radius 1 is 0.917 bits per heavy atom. The second-order valence-electron chi connectivity index (χ2n) is 5.37. The minimum atomic E-state index is -1.05. The zero-order valence-electron chi connectivity index (χ0n) is 13.5. The molecule has 0 fully saturated rings. The molecule has 1 amide bonds. The molecular formula is C18H19NO5. The summed E-state index contributed by atoms with van der Waals surface area (Å²) in [5.74, 6) is -0.258. The molecule has 0 aliphatic rings. The number of nitrogens with one attached hydrogen (secondary N) is 1. The molecule has 2 rings (SSSR count). The van der Waals surface area contributed by atoms with Gasteiger partial charge in [0, 0.05) is 5.69 Å². The van der Waals surface area contributed by atoms with Crippen molar-refractivity contribution in [1.82, 2.24) is 0 Å². The lowest BCUT2D eigenvalue weighted by molar-refractivity contribution is -0.139. The number of amides is 1. The van der Waals surface area contributed by atoms with Gasteiger partial charge >= 0.3 is 5.97 Å². The first kappa shape index (κ1) is 17.3. The number of aliphatic carboxylic acids is 1. The summed E-state index contributed by atoms with van der Waals surface area (Å²) in [7, 11) is 0. The number of benzene rings is 2. The van der Waals surface area contributed by atoms with Crippen LogP contribution < -0.4 is 14.8 Å². The fourth-order valence-electron chi connectivity index (χ4n) is 2.14. The van der Waals surface area contributed by atoms with Crippen molar-refractivity contribution in [3.05, 3.63) is 53.6 Å². The molecule has 0 spiro atoms. The lowest BCUT2D eigenvalue weighted by atomic mass is 10.1. The third kappa shape index (κ3) is 5.64. The van der Waals surface area contributed by atoms with Crippen LogP contribution in [0.15, 0.2) is 42.5 Å². The van der Waals surface area contributed by atoms with Gasteiger partial charge in [-0.1, -0.05) is 6.07 Å². The Hall–Kier alpha value is -3.02. The summed E-state index contributed by atoms with van der Waals surface area (Å²) in [5, 5.41) is 11.2. The van der Waals surface area contributed by atoms with Gasteiger partial charge in [-0.2, -0.15) is 0 Å². The van der Waals surface area contributed by atoms with E-state index in [-0.39, 0.29) is 12.5 Å². The van der Waals surface area contributed by atoms with Crippen molar-refractivity contribution < 1.29 is 24.2 Å². The Morgan fingerprint density at radius 3 is 2.08 bits per heavy atom. The maximum Gasteiger partial charge on any atom is 0.341 e. The smallest absolute Gasteiger partial charge is 0.341 e. The predicted molar refractivity (Wildman–Crippen MR) is 89.6 cm³/mol. The highest BCUT2D eigenvalue weighted by Gasteiger charge is 2.05. The minimum Gasteiger partial charge on any atom is -0.484 e. The topological polar surface area (TPSA) is 84.9 Å². The Morgan fingerprint density at radius 2 is 1.50 bits per heavy atom. The van der Waals surface area contributed by atoms with E-state index in [9.17, 15) is 9.59 Å². The quantitative estimate of drug-likeness (QED) is 0.816. The van der Waals surface area contributed by atoms with Crippen LogP contribution in [-0.4, -0.2) is 30.2 Å². The van der Waals surface area contributed by atoms with Crippen LogP contribution in [0.2, 0.25) is 0 Å². The fourth-order valence-corrected chi connectivity index (χ4v) is 2.14. The molecule has 0 radical (unpaired) electrons. The average molecular weight is 329 g/mol. The van der Waals surface area contributed by atoms with Crippen LogP contribution >= 0.6 is 0 Å². The molecule has 0 aliphatic heterocycles. The van der Waals surface area contributed by atoms with Gasteiger partial charge in [-0.25, -0.2) is 4.79 Å². The predicted octanol–water partition coefficient (Wildman–Crippen LogP) is 2.78. The van der Waals surface area contributed by atoms with E-state index in [4.69, 9.17) is 14.6 Å². The molecule has 2 aromatic rings. The first-order valence-electron chi connectivity index (χ1n) is 7.38. The number of hydrogen-bond donors (Lipinski definition) is 2. The summed E-state index contributed by atoms with van der Waals surface area (Å²) < 4.78 is 10.5. The first-order chi connectivity index (χ1) is 11.4. The summed E-state index contributed by atoms with van der Waals surface area (Å²) in [6, 6.07) is 12.2. The molecule has 2 aromatic carbocycles. The van der Waals surface area contributed by atoms with Crippen LogP contribution in [0.1, 0.15) is 11.1 Å². The lowest BCUT2D eigenvalue weighted by Crippen LogP contribution is -2.20. The first-order valence-corrected chi connectivity index (χ1v) is 7.38. The van der Waals surface area contributed by atoms with E-state index in [2.05, 4.69) is 5.32 Å². The van der Waals surface area contributed by atoms with Crippen LogP contribution in [0.4, 0.5) is 5.69 Å². The molecule has 0 bridgehead atoms. The van der Waals surface area contributed by atoms with Crippen molar-refractivity contribution in [1.29, 1.82) is 0 Å². The number of rotatable bonds is 7. The summed E-state index contributed by atoms with van der Waals surface area (Å²) in [5.41, 5.74) is 2.72. The fraction of sp³-hybridized carbons (Fsp3) is 0.222. The molecule has 2 N–H and O–H groups in total. The van der Waals surface area contributed by atoms with E-state index >= 15 is 0 Å². The minimum absolute atomic E-state index is 0.0971. The number of hydrogen-bond acceptors (Lipinski definition) is 4. The largest absolute Gasteiger partial charge is 0.484 e. The van der Waals surface area contributed by atoms with Gasteiger partial charge in [-0.05, 0) is 61.4 Å². The van der Waals surface area contributed by atoms with Crippen LogP contribution in [0, 0.1) is 13.8 Å². The van der Waals surface area contributed by atoms with Gasteiger partial charge in [0.05, 0.1) is 0 Å². The third-order valence-electron chi connectivity index (χ3n) is 3.07. The zero-order chi connectivity index (χ0) is 17.5. The van der Waals surface area contributed by atoms with Gasteiger partial charge in [0.15, 0.2) is 13.2 Å². The van der Waals surface area contributed by atoms with E-state index in [1.165, 1.54) is 0 Å². The Balaban J connectivity index is 1.84. The Bertz CT molecular complexity index is 704. The van der Waals surface area contributed by atoms with Crippen molar-refractivity contribution in [2.24, 2.45) is 0 Å². The number of carboxylic acids is 1. The van der Waals surface area contributed by atoms with E-state index in [1.807, 2.05) is 32.0 Å². The number of anilines is 1. The molecule has 0 aromatic heterocycles. The van der Waals surface area contributed by atoms with Gasteiger partial charge in [0.1, 0.15) is 11.5 Å². The van der Waals surface area contributed by atoms with E-state index in [0.29, 0.717) is 17.2 Å². The second kappa shape index (κ2) is 8.01. The second-order valence-corrected chi connectivity index (χ2v) is 5.37. The van der Waals surface area contributed by atoms with Gasteiger partial charge in [-0.3, -0.25) is 4.79 Å². The summed E-state index contributed by atoms with van der Waals surface area (Å²) in [6.07, 6.45) is 0. The van der Waals surface area contributed by atoms with Crippen molar-refractivity contribution in [2.45, 2.75) is 13.8 Å². The molecule has 0 saturated heterocycles.